The van der Waals surface area contributed by atoms with E-state index in [2.05, 4.69) is 34.6 Å². The Morgan fingerprint density at radius 3 is 2.52 bits per heavy atom. The number of rotatable bonds is 12. The molecule has 2 fully saturated rings. The number of fused-ring (bicyclic) bond motifs is 2. The predicted octanol–water partition coefficient (Wildman–Crippen LogP) is 5.19. The number of hydrogen-bond acceptors (Lipinski definition) is 6. The van der Waals surface area contributed by atoms with Gasteiger partial charge in [-0.25, -0.2) is 14.2 Å². The highest BCUT2D eigenvalue weighted by molar-refractivity contribution is 6.18. The van der Waals surface area contributed by atoms with Crippen LogP contribution in [0.3, 0.4) is 0 Å². The molecular weight excluding hydrogens is 611 g/mol. The topological polar surface area (TPSA) is 104 Å². The van der Waals surface area contributed by atoms with Crippen molar-refractivity contribution in [3.63, 3.8) is 0 Å². The molecule has 1 saturated heterocycles. The van der Waals surface area contributed by atoms with Gasteiger partial charge in [0, 0.05) is 88.4 Å². The fourth-order valence-electron chi connectivity index (χ4n) is 6.56. The Morgan fingerprint density at radius 2 is 1.85 bits per heavy atom. The number of pyridine rings is 1. The number of aromatic nitrogens is 3. The Labute approximate surface area is 272 Å². The van der Waals surface area contributed by atoms with Crippen LogP contribution in [0.25, 0.3) is 21.9 Å². The number of alkyl halides is 1. The highest BCUT2D eigenvalue weighted by Gasteiger charge is 2.29. The molecule has 46 heavy (non-hydrogen) atoms. The SMILES string of the molecule is CCCN(CCCl)c1ccc2c(c1)nc(CCCC(=O)N1CCN(c3cc4c(cc3F)c(=O)c(C(=O)O)cn4C3CC3)CC1)n2C. The first kappa shape index (κ1) is 31.8. The molecule has 1 N–H and O–H groups in total. The van der Waals surface area contributed by atoms with Crippen LogP contribution in [0, 0.1) is 5.82 Å². The van der Waals surface area contributed by atoms with Gasteiger partial charge in [0.05, 0.1) is 22.2 Å². The second kappa shape index (κ2) is 13.3. The molecule has 1 aliphatic carbocycles. The maximum Gasteiger partial charge on any atom is 0.341 e. The molecule has 2 aromatic heterocycles. The standard InChI is InChI=1S/C34H40ClFN6O4/c1-3-12-39(13-11-35)23-9-10-28-27(18-23)37-31(38(28)2)5-4-6-32(43)41-16-14-40(15-17-41)30-20-29-24(19-26(30)36)33(44)25(34(45)46)21-42(29)22-7-8-22/h9-10,18-22H,3-8,11-17H2,1-2H3,(H,45,46). The van der Waals surface area contributed by atoms with Crippen LogP contribution in [0.5, 0.6) is 0 Å². The summed E-state index contributed by atoms with van der Waals surface area (Å²) in [5, 5.41) is 9.58. The molecule has 244 valence electrons. The highest BCUT2D eigenvalue weighted by atomic mass is 35.5. The Kier molecular flexibility index (Phi) is 9.22. The van der Waals surface area contributed by atoms with Crippen molar-refractivity contribution >= 4 is 56.8 Å². The molecule has 1 aliphatic heterocycles. The minimum atomic E-state index is -1.31. The Bertz CT molecular complexity index is 1840. The largest absolute Gasteiger partial charge is 0.477 e. The first-order chi connectivity index (χ1) is 22.2. The fourth-order valence-corrected chi connectivity index (χ4v) is 6.77. The number of halogens is 2. The number of carbonyl (C=O) groups excluding carboxylic acids is 1. The van der Waals surface area contributed by atoms with Gasteiger partial charge in [0.2, 0.25) is 11.3 Å². The third-order valence-electron chi connectivity index (χ3n) is 9.21. The van der Waals surface area contributed by atoms with Gasteiger partial charge in [0.15, 0.2) is 0 Å². The summed E-state index contributed by atoms with van der Waals surface area (Å²) in [7, 11) is 2.01. The summed E-state index contributed by atoms with van der Waals surface area (Å²) in [4.78, 5) is 48.5. The molecule has 4 aromatic rings. The smallest absolute Gasteiger partial charge is 0.341 e. The summed E-state index contributed by atoms with van der Waals surface area (Å²) >= 11 is 6.03. The van der Waals surface area contributed by atoms with Crippen LogP contribution in [0.2, 0.25) is 0 Å². The fraction of sp³-hybridized carbons (Fsp3) is 0.471. The van der Waals surface area contributed by atoms with Gasteiger partial charge in [-0.1, -0.05) is 6.92 Å². The number of amides is 1. The Hall–Kier alpha value is -4.12. The van der Waals surface area contributed by atoms with E-state index in [0.717, 1.165) is 54.9 Å². The average Bonchev–Trinajstić information content (AvgIpc) is 3.84. The van der Waals surface area contributed by atoms with Crippen LogP contribution in [-0.2, 0) is 18.3 Å². The number of aromatic carboxylic acids is 1. The van der Waals surface area contributed by atoms with Crippen molar-refractivity contribution < 1.29 is 19.1 Å². The summed E-state index contributed by atoms with van der Waals surface area (Å²) in [5.74, 6) is -0.307. The van der Waals surface area contributed by atoms with E-state index in [-0.39, 0.29) is 22.9 Å². The lowest BCUT2D eigenvalue weighted by Crippen LogP contribution is -2.49. The molecule has 0 bridgehead atoms. The van der Waals surface area contributed by atoms with Gasteiger partial charge in [-0.05, 0) is 56.0 Å². The van der Waals surface area contributed by atoms with Gasteiger partial charge < -0.3 is 28.9 Å². The second-order valence-corrected chi connectivity index (χ2v) is 12.7. The first-order valence-corrected chi connectivity index (χ1v) is 16.6. The number of carboxylic acids is 1. The molecule has 0 radical (unpaired) electrons. The lowest BCUT2D eigenvalue weighted by Gasteiger charge is -2.36. The quantitative estimate of drug-likeness (QED) is 0.211. The zero-order chi connectivity index (χ0) is 32.5. The van der Waals surface area contributed by atoms with Crippen molar-refractivity contribution in [2.24, 2.45) is 7.05 Å². The molecule has 10 nitrogen and oxygen atoms in total. The van der Waals surface area contributed by atoms with E-state index in [1.54, 1.807) is 10.6 Å². The van der Waals surface area contributed by atoms with Crippen LogP contribution in [0.4, 0.5) is 15.8 Å². The van der Waals surface area contributed by atoms with Crippen LogP contribution in [0.15, 0.2) is 41.3 Å². The van der Waals surface area contributed by atoms with Crippen molar-refractivity contribution in [1.29, 1.82) is 0 Å². The Balaban J connectivity index is 1.08. The molecule has 12 heteroatoms. The molecule has 6 rings (SSSR count). The van der Waals surface area contributed by atoms with Gasteiger partial charge in [0.1, 0.15) is 17.2 Å². The summed E-state index contributed by atoms with van der Waals surface area (Å²) in [6.07, 6.45) is 5.95. The molecule has 1 saturated carbocycles. The summed E-state index contributed by atoms with van der Waals surface area (Å²) in [6.45, 7) is 5.72. The maximum atomic E-state index is 15.4. The van der Waals surface area contributed by atoms with Crippen molar-refractivity contribution in [2.45, 2.75) is 51.5 Å². The summed E-state index contributed by atoms with van der Waals surface area (Å²) in [6, 6.07) is 9.25. The van der Waals surface area contributed by atoms with E-state index in [1.165, 1.54) is 12.3 Å². The molecular formula is C34H40ClFN6O4. The molecule has 2 aromatic carbocycles. The number of carbonyl (C=O) groups is 2. The molecule has 3 heterocycles. The van der Waals surface area contributed by atoms with Crippen molar-refractivity contribution in [3.05, 3.63) is 64.0 Å². The van der Waals surface area contributed by atoms with E-state index in [4.69, 9.17) is 16.6 Å². The van der Waals surface area contributed by atoms with E-state index in [0.29, 0.717) is 62.5 Å². The van der Waals surface area contributed by atoms with E-state index >= 15 is 4.39 Å². The molecule has 0 unspecified atom stereocenters. The first-order valence-electron chi connectivity index (χ1n) is 16.1. The number of benzene rings is 2. The summed E-state index contributed by atoms with van der Waals surface area (Å²) < 4.78 is 19.3. The Morgan fingerprint density at radius 1 is 1.09 bits per heavy atom. The number of piperazine rings is 1. The van der Waals surface area contributed by atoms with Crippen molar-refractivity contribution in [3.8, 4) is 0 Å². The van der Waals surface area contributed by atoms with Crippen LogP contribution >= 0.6 is 11.6 Å². The zero-order valence-electron chi connectivity index (χ0n) is 26.3. The predicted molar refractivity (Wildman–Crippen MR) is 179 cm³/mol. The van der Waals surface area contributed by atoms with Gasteiger partial charge in [-0.2, -0.15) is 0 Å². The van der Waals surface area contributed by atoms with Gasteiger partial charge in [-0.3, -0.25) is 9.59 Å². The number of imidazole rings is 1. The van der Waals surface area contributed by atoms with E-state index in [1.807, 2.05) is 16.8 Å². The summed E-state index contributed by atoms with van der Waals surface area (Å²) in [5.41, 5.74) is 2.99. The van der Waals surface area contributed by atoms with Crippen LogP contribution in [0.1, 0.15) is 61.3 Å². The lowest BCUT2D eigenvalue weighted by atomic mass is 10.1. The monoisotopic (exact) mass is 650 g/mol. The molecule has 0 spiro atoms. The molecule has 2 aliphatic rings. The van der Waals surface area contributed by atoms with Crippen LogP contribution in [-0.4, -0.2) is 81.1 Å². The zero-order valence-corrected chi connectivity index (χ0v) is 27.1. The normalized spacial score (nSPS) is 15.2. The number of anilines is 2. The minimum Gasteiger partial charge on any atom is -0.477 e. The van der Waals surface area contributed by atoms with Crippen molar-refractivity contribution in [1.82, 2.24) is 19.0 Å². The third-order valence-corrected chi connectivity index (χ3v) is 9.37. The van der Waals surface area contributed by atoms with Crippen LogP contribution < -0.4 is 15.2 Å². The minimum absolute atomic E-state index is 0.0692. The van der Waals surface area contributed by atoms with E-state index < -0.39 is 17.2 Å². The highest BCUT2D eigenvalue weighted by Crippen LogP contribution is 2.38. The lowest BCUT2D eigenvalue weighted by molar-refractivity contribution is -0.131. The average molecular weight is 651 g/mol. The number of aryl methyl sites for hydroxylation is 2. The number of nitrogens with zero attached hydrogens (tertiary/aromatic N) is 6. The number of hydrogen-bond donors (Lipinski definition) is 1. The van der Waals surface area contributed by atoms with Gasteiger partial charge in [-0.15, -0.1) is 11.6 Å². The third kappa shape index (κ3) is 6.29. The van der Waals surface area contributed by atoms with Crippen molar-refractivity contribution in [2.75, 3.05) is 54.9 Å². The van der Waals surface area contributed by atoms with Gasteiger partial charge >= 0.3 is 5.97 Å². The second-order valence-electron chi connectivity index (χ2n) is 12.3. The van der Waals surface area contributed by atoms with Gasteiger partial charge in [0.25, 0.3) is 0 Å². The molecule has 1 amide bonds. The maximum absolute atomic E-state index is 15.4. The van der Waals surface area contributed by atoms with E-state index in [9.17, 15) is 19.5 Å². The molecule has 0 atom stereocenters. The number of carboxylic acid groups (broad SMARTS) is 1.